The number of hydrogen-bond donors (Lipinski definition) is 2. The van der Waals surface area contributed by atoms with Gasteiger partial charge in [-0.3, -0.25) is 9.59 Å². The van der Waals surface area contributed by atoms with Gasteiger partial charge < -0.3 is 10.6 Å². The summed E-state index contributed by atoms with van der Waals surface area (Å²) in [6.07, 6.45) is 0.802. The first-order chi connectivity index (χ1) is 11.5. The predicted molar refractivity (Wildman–Crippen MR) is 96.9 cm³/mol. The molecule has 0 spiro atoms. The monoisotopic (exact) mass is 324 g/mol. The topological polar surface area (TPSA) is 58.2 Å². The molecule has 4 heteroatoms. The van der Waals surface area contributed by atoms with E-state index < -0.39 is 0 Å². The number of hydrogen-bond acceptors (Lipinski definition) is 2. The van der Waals surface area contributed by atoms with Gasteiger partial charge >= 0.3 is 0 Å². The van der Waals surface area contributed by atoms with E-state index in [2.05, 4.69) is 34.9 Å². The Bertz CT molecular complexity index is 691. The molecule has 0 aliphatic heterocycles. The molecule has 0 aromatic heterocycles. The highest BCUT2D eigenvalue weighted by molar-refractivity contribution is 5.94. The Balaban J connectivity index is 2.05. The minimum atomic E-state index is -0.0497. The second-order valence-corrected chi connectivity index (χ2v) is 5.94. The van der Waals surface area contributed by atoms with Crippen LogP contribution in [0.1, 0.15) is 36.7 Å². The van der Waals surface area contributed by atoms with Gasteiger partial charge in [-0.1, -0.05) is 36.4 Å². The number of carbonyl (C=O) groups excluding carboxylic acids is 2. The zero-order chi connectivity index (χ0) is 17.5. The molecule has 0 saturated heterocycles. The lowest BCUT2D eigenvalue weighted by molar-refractivity contribution is -0.119. The van der Waals surface area contributed by atoms with Crippen molar-refractivity contribution in [2.24, 2.45) is 0 Å². The fraction of sp³-hybridized carbons (Fsp3) is 0.300. The molecule has 2 amide bonds. The molecule has 1 unspecified atom stereocenters. The van der Waals surface area contributed by atoms with Crippen molar-refractivity contribution in [3.63, 3.8) is 0 Å². The fourth-order valence-corrected chi connectivity index (χ4v) is 2.66. The molecule has 0 bridgehead atoms. The second-order valence-electron chi connectivity index (χ2n) is 5.94. The maximum absolute atomic E-state index is 11.8. The van der Waals surface area contributed by atoms with Crippen LogP contribution < -0.4 is 10.6 Å². The van der Waals surface area contributed by atoms with Gasteiger partial charge in [0.05, 0.1) is 0 Å². The van der Waals surface area contributed by atoms with Crippen LogP contribution in [0.5, 0.6) is 0 Å². The molecule has 0 saturated carbocycles. The largest absolute Gasteiger partial charge is 0.354 e. The van der Waals surface area contributed by atoms with Gasteiger partial charge in [-0.05, 0) is 49.1 Å². The van der Waals surface area contributed by atoms with E-state index in [1.165, 1.54) is 12.5 Å². The number of benzene rings is 2. The number of nitrogens with one attached hydrogen (secondary N) is 2. The molecule has 0 radical (unpaired) electrons. The van der Waals surface area contributed by atoms with E-state index in [0.29, 0.717) is 12.1 Å². The molecule has 126 valence electrons. The summed E-state index contributed by atoms with van der Waals surface area (Å²) in [5.74, 6) is -0.0577. The van der Waals surface area contributed by atoms with E-state index in [4.69, 9.17) is 0 Å². The molecular weight excluding hydrogens is 300 g/mol. The van der Waals surface area contributed by atoms with Gasteiger partial charge in [-0.15, -0.1) is 0 Å². The number of amides is 2. The molecule has 0 fully saturated rings. The van der Waals surface area contributed by atoms with Crippen molar-refractivity contribution in [3.8, 4) is 11.1 Å². The summed E-state index contributed by atoms with van der Waals surface area (Å²) in [5, 5.41) is 5.68. The first kappa shape index (κ1) is 17.7. The van der Waals surface area contributed by atoms with Crippen molar-refractivity contribution >= 4 is 11.8 Å². The third-order valence-electron chi connectivity index (χ3n) is 3.76. The predicted octanol–water partition coefficient (Wildman–Crippen LogP) is 3.17. The van der Waals surface area contributed by atoms with E-state index in [1.807, 2.05) is 38.1 Å². The van der Waals surface area contributed by atoms with Gasteiger partial charge in [-0.25, -0.2) is 0 Å². The lowest BCUT2D eigenvalue weighted by Gasteiger charge is -2.12. The summed E-state index contributed by atoms with van der Waals surface area (Å²) in [6.45, 7) is 6.05. The average molecular weight is 324 g/mol. The molecule has 0 heterocycles. The number of rotatable bonds is 6. The zero-order valence-corrected chi connectivity index (χ0v) is 14.4. The summed E-state index contributed by atoms with van der Waals surface area (Å²) >= 11 is 0. The lowest BCUT2D eigenvalue weighted by Crippen LogP contribution is -2.31. The van der Waals surface area contributed by atoms with Crippen LogP contribution in [-0.4, -0.2) is 24.4 Å². The standard InChI is InChI=1S/C20H24N2O2/c1-4-21-20(24)19-11-9-18(10-12-19)17-7-5-16(6-8-17)13-14(2)22-15(3)23/h5-12,14H,4,13H2,1-3H3,(H,21,24)(H,22,23). The van der Waals surface area contributed by atoms with Crippen LogP contribution in [0.2, 0.25) is 0 Å². The minimum absolute atomic E-state index is 0.00804. The van der Waals surface area contributed by atoms with Gasteiger partial charge in [0, 0.05) is 25.1 Å². The van der Waals surface area contributed by atoms with Crippen molar-refractivity contribution in [2.45, 2.75) is 33.2 Å². The molecule has 2 aromatic carbocycles. The van der Waals surface area contributed by atoms with Crippen LogP contribution in [-0.2, 0) is 11.2 Å². The van der Waals surface area contributed by atoms with Crippen LogP contribution in [0, 0.1) is 0 Å². The Labute approximate surface area is 143 Å². The lowest BCUT2D eigenvalue weighted by atomic mass is 10.00. The van der Waals surface area contributed by atoms with Crippen LogP contribution in [0.15, 0.2) is 48.5 Å². The molecule has 0 aliphatic carbocycles. The second kappa shape index (κ2) is 8.29. The molecule has 2 aromatic rings. The molecular formula is C20H24N2O2. The Morgan fingerprint density at radius 3 is 2.00 bits per heavy atom. The van der Waals surface area contributed by atoms with E-state index in [-0.39, 0.29) is 17.9 Å². The van der Waals surface area contributed by atoms with Gasteiger partial charge in [0.2, 0.25) is 5.91 Å². The maximum atomic E-state index is 11.8. The van der Waals surface area contributed by atoms with Crippen molar-refractivity contribution in [1.29, 1.82) is 0 Å². The van der Waals surface area contributed by atoms with Crippen LogP contribution in [0.4, 0.5) is 0 Å². The Morgan fingerprint density at radius 2 is 1.50 bits per heavy atom. The SMILES string of the molecule is CCNC(=O)c1ccc(-c2ccc(CC(C)NC(C)=O)cc2)cc1. The van der Waals surface area contributed by atoms with E-state index in [0.717, 1.165) is 17.5 Å². The van der Waals surface area contributed by atoms with Gasteiger partial charge in [-0.2, -0.15) is 0 Å². The van der Waals surface area contributed by atoms with Gasteiger partial charge in [0.15, 0.2) is 0 Å². The van der Waals surface area contributed by atoms with Crippen molar-refractivity contribution in [3.05, 3.63) is 59.7 Å². The van der Waals surface area contributed by atoms with Crippen LogP contribution >= 0.6 is 0 Å². The first-order valence-corrected chi connectivity index (χ1v) is 8.24. The highest BCUT2D eigenvalue weighted by Crippen LogP contribution is 2.21. The summed E-state index contributed by atoms with van der Waals surface area (Å²) in [4.78, 5) is 22.8. The Hall–Kier alpha value is -2.62. The maximum Gasteiger partial charge on any atom is 0.251 e. The van der Waals surface area contributed by atoms with Crippen molar-refractivity contribution in [1.82, 2.24) is 10.6 Å². The highest BCUT2D eigenvalue weighted by Gasteiger charge is 2.07. The molecule has 1 atom stereocenters. The van der Waals surface area contributed by atoms with Crippen LogP contribution in [0.25, 0.3) is 11.1 Å². The van der Waals surface area contributed by atoms with E-state index >= 15 is 0 Å². The molecule has 2 N–H and O–H groups in total. The molecule has 2 rings (SSSR count). The quantitative estimate of drug-likeness (QED) is 0.857. The Morgan fingerprint density at radius 1 is 0.958 bits per heavy atom. The summed E-state index contributed by atoms with van der Waals surface area (Å²) in [6, 6.07) is 16.0. The third-order valence-corrected chi connectivity index (χ3v) is 3.76. The van der Waals surface area contributed by atoms with Gasteiger partial charge in [0.25, 0.3) is 5.91 Å². The summed E-state index contributed by atoms with van der Waals surface area (Å²) < 4.78 is 0. The minimum Gasteiger partial charge on any atom is -0.354 e. The zero-order valence-electron chi connectivity index (χ0n) is 14.4. The summed E-state index contributed by atoms with van der Waals surface area (Å²) in [7, 11) is 0. The van der Waals surface area contributed by atoms with Crippen molar-refractivity contribution < 1.29 is 9.59 Å². The molecule has 0 aliphatic rings. The molecule has 4 nitrogen and oxygen atoms in total. The van der Waals surface area contributed by atoms with E-state index in [1.54, 1.807) is 0 Å². The normalized spacial score (nSPS) is 11.6. The number of carbonyl (C=O) groups is 2. The average Bonchev–Trinajstić information content (AvgIpc) is 2.55. The van der Waals surface area contributed by atoms with E-state index in [9.17, 15) is 9.59 Å². The third kappa shape index (κ3) is 4.95. The fourth-order valence-electron chi connectivity index (χ4n) is 2.66. The first-order valence-electron chi connectivity index (χ1n) is 8.24. The van der Waals surface area contributed by atoms with Crippen molar-refractivity contribution in [2.75, 3.05) is 6.54 Å². The smallest absolute Gasteiger partial charge is 0.251 e. The highest BCUT2D eigenvalue weighted by atomic mass is 16.2. The van der Waals surface area contributed by atoms with Gasteiger partial charge in [0.1, 0.15) is 0 Å². The molecule has 24 heavy (non-hydrogen) atoms. The Kier molecular flexibility index (Phi) is 6.13. The summed E-state index contributed by atoms with van der Waals surface area (Å²) in [5.41, 5.74) is 4.03. The van der Waals surface area contributed by atoms with Crippen LogP contribution in [0.3, 0.4) is 0 Å².